The molecule has 0 spiro atoms. The third-order valence-electron chi connectivity index (χ3n) is 1.86. The van der Waals surface area contributed by atoms with Gasteiger partial charge in [-0.2, -0.15) is 0 Å². The summed E-state index contributed by atoms with van der Waals surface area (Å²) in [5, 5.41) is 1.71. The van der Waals surface area contributed by atoms with Crippen LogP contribution in [-0.4, -0.2) is 26.2 Å². The molecule has 2 rings (SSSR count). The minimum absolute atomic E-state index is 0.205. The first kappa shape index (κ1) is 12.9. The van der Waals surface area contributed by atoms with Gasteiger partial charge in [0.2, 0.25) is 0 Å². The molecule has 0 amide bonds. The molecule has 0 aliphatic carbocycles. The van der Waals surface area contributed by atoms with Crippen LogP contribution in [-0.2, 0) is 0 Å². The second-order valence-electron chi connectivity index (χ2n) is 3.06. The van der Waals surface area contributed by atoms with E-state index in [1.807, 2.05) is 6.26 Å². The lowest BCUT2D eigenvalue weighted by Crippen LogP contribution is -2.10. The molecule has 18 heavy (non-hydrogen) atoms. The van der Waals surface area contributed by atoms with E-state index < -0.39 is 0 Å². The zero-order valence-electron chi connectivity index (χ0n) is 9.38. The van der Waals surface area contributed by atoms with E-state index in [0.717, 1.165) is 0 Å². The minimum Gasteiger partial charge on any atom is -0.308 e. The molecular formula is C9H10N6OS2. The van der Waals surface area contributed by atoms with Crippen molar-refractivity contribution in [3.63, 3.8) is 0 Å². The largest absolute Gasteiger partial charge is 0.308 e. The number of rotatable bonds is 4. The molecule has 0 bridgehead atoms. The van der Waals surface area contributed by atoms with E-state index in [2.05, 4.69) is 25.4 Å². The number of hydrazine groups is 1. The minimum atomic E-state index is -0.205. The number of nitrogens with one attached hydrogen (secondary N) is 2. The molecule has 0 fully saturated rings. The summed E-state index contributed by atoms with van der Waals surface area (Å²) in [5.41, 5.74) is 2.26. The van der Waals surface area contributed by atoms with Gasteiger partial charge < -0.3 is 10.4 Å². The van der Waals surface area contributed by atoms with Crippen LogP contribution in [0.5, 0.6) is 0 Å². The van der Waals surface area contributed by atoms with Gasteiger partial charge in [0.05, 0.1) is 0 Å². The van der Waals surface area contributed by atoms with E-state index in [-0.39, 0.29) is 5.56 Å². The molecule has 0 atom stereocenters. The monoisotopic (exact) mass is 282 g/mol. The number of nitrogen functional groups attached to an aromatic ring is 1. The van der Waals surface area contributed by atoms with Gasteiger partial charge in [0, 0.05) is 18.3 Å². The molecule has 0 saturated carbocycles. The molecule has 7 nitrogen and oxygen atoms in total. The molecule has 0 aliphatic heterocycles. The van der Waals surface area contributed by atoms with Crippen LogP contribution in [0.15, 0.2) is 38.5 Å². The Hall–Kier alpha value is -1.58. The molecule has 9 heteroatoms. The van der Waals surface area contributed by atoms with E-state index in [1.165, 1.54) is 35.8 Å². The van der Waals surface area contributed by atoms with Gasteiger partial charge in [-0.1, -0.05) is 11.8 Å². The van der Waals surface area contributed by atoms with Crippen LogP contribution in [0.1, 0.15) is 0 Å². The topological polar surface area (TPSA) is 110 Å². The number of aromatic amines is 1. The first-order chi connectivity index (χ1) is 8.71. The van der Waals surface area contributed by atoms with Gasteiger partial charge in [0.15, 0.2) is 10.3 Å². The third-order valence-corrected chi connectivity index (χ3v) is 3.23. The van der Waals surface area contributed by atoms with Crippen LogP contribution in [0.3, 0.4) is 0 Å². The van der Waals surface area contributed by atoms with Crippen LogP contribution in [0.25, 0.3) is 0 Å². The van der Waals surface area contributed by atoms with Gasteiger partial charge in [-0.15, -0.1) is 0 Å². The molecule has 0 aliphatic rings. The van der Waals surface area contributed by atoms with Crippen molar-refractivity contribution in [2.75, 3.05) is 11.7 Å². The number of aromatic nitrogens is 4. The molecule has 0 saturated heterocycles. The lowest BCUT2D eigenvalue weighted by Gasteiger charge is -2.05. The van der Waals surface area contributed by atoms with Crippen molar-refractivity contribution < 1.29 is 0 Å². The summed E-state index contributed by atoms with van der Waals surface area (Å²) in [4.78, 5) is 26.2. The zero-order valence-corrected chi connectivity index (χ0v) is 11.0. The highest BCUT2D eigenvalue weighted by molar-refractivity contribution is 7.99. The van der Waals surface area contributed by atoms with E-state index in [1.54, 1.807) is 6.07 Å². The standard InChI is InChI=1S/C9H10N6OS2/c1-17-9-12-5(15-10)4-7(14-9)18-8-11-3-2-6(16)13-8/h2-4H,10H2,1H3,(H,11,13,16)(H,12,14,15). The smallest absolute Gasteiger partial charge is 0.251 e. The number of H-pyrrole nitrogens is 1. The Bertz CT molecular complexity index is 579. The first-order valence-electron chi connectivity index (χ1n) is 4.84. The van der Waals surface area contributed by atoms with Crippen molar-refractivity contribution in [1.82, 2.24) is 19.9 Å². The summed E-state index contributed by atoms with van der Waals surface area (Å²) in [6.45, 7) is 0. The summed E-state index contributed by atoms with van der Waals surface area (Å²) >= 11 is 2.64. The third kappa shape index (κ3) is 3.22. The Morgan fingerprint density at radius 2 is 2.28 bits per heavy atom. The summed E-state index contributed by atoms with van der Waals surface area (Å²) in [5.74, 6) is 5.84. The lowest BCUT2D eigenvalue weighted by molar-refractivity contribution is 0.881. The van der Waals surface area contributed by atoms with E-state index in [9.17, 15) is 4.79 Å². The normalized spacial score (nSPS) is 10.3. The zero-order chi connectivity index (χ0) is 13.0. The fourth-order valence-electron chi connectivity index (χ4n) is 1.12. The second kappa shape index (κ2) is 5.85. The van der Waals surface area contributed by atoms with E-state index in [0.29, 0.717) is 21.2 Å². The highest BCUT2D eigenvalue weighted by Gasteiger charge is 2.06. The van der Waals surface area contributed by atoms with Crippen LogP contribution in [0.4, 0.5) is 5.82 Å². The van der Waals surface area contributed by atoms with Gasteiger partial charge in [-0.05, 0) is 18.0 Å². The van der Waals surface area contributed by atoms with Gasteiger partial charge in [-0.3, -0.25) is 4.79 Å². The molecule has 4 N–H and O–H groups in total. The van der Waals surface area contributed by atoms with Gasteiger partial charge in [0.25, 0.3) is 5.56 Å². The van der Waals surface area contributed by atoms with Gasteiger partial charge in [-0.25, -0.2) is 20.8 Å². The molecule has 94 valence electrons. The predicted molar refractivity (Wildman–Crippen MR) is 70.6 cm³/mol. The fourth-order valence-corrected chi connectivity index (χ4v) is 2.33. The molecule has 0 radical (unpaired) electrons. The SMILES string of the molecule is CSc1nc(NN)cc(Sc2nccc(=O)[nH]2)n1. The molecule has 2 aromatic rings. The summed E-state index contributed by atoms with van der Waals surface area (Å²) in [6, 6.07) is 3.03. The Balaban J connectivity index is 2.30. The van der Waals surface area contributed by atoms with Gasteiger partial charge in [0.1, 0.15) is 10.8 Å². The number of hydrogen-bond donors (Lipinski definition) is 3. The Kier molecular flexibility index (Phi) is 4.18. The maximum atomic E-state index is 11.1. The summed E-state index contributed by atoms with van der Waals surface area (Å²) < 4.78 is 0. The van der Waals surface area contributed by atoms with Crippen molar-refractivity contribution >= 4 is 29.3 Å². The van der Waals surface area contributed by atoms with Crippen molar-refractivity contribution in [3.8, 4) is 0 Å². The molecule has 2 aromatic heterocycles. The number of thioether (sulfide) groups is 1. The molecule has 2 heterocycles. The summed E-state index contributed by atoms with van der Waals surface area (Å²) in [6.07, 6.45) is 3.31. The van der Waals surface area contributed by atoms with Crippen LogP contribution in [0, 0.1) is 0 Å². The predicted octanol–water partition coefficient (Wildman–Crippen LogP) is 0.719. The quantitative estimate of drug-likeness (QED) is 0.247. The number of hydrogen-bond acceptors (Lipinski definition) is 8. The highest BCUT2D eigenvalue weighted by Crippen LogP contribution is 2.25. The van der Waals surface area contributed by atoms with Crippen LogP contribution >= 0.6 is 23.5 Å². The second-order valence-corrected chi connectivity index (χ2v) is 4.85. The molecule has 0 aromatic carbocycles. The van der Waals surface area contributed by atoms with Crippen molar-refractivity contribution in [2.45, 2.75) is 15.3 Å². The van der Waals surface area contributed by atoms with Crippen molar-refractivity contribution in [1.29, 1.82) is 0 Å². The van der Waals surface area contributed by atoms with Crippen LogP contribution in [0.2, 0.25) is 0 Å². The fraction of sp³-hybridized carbons (Fsp3) is 0.111. The Morgan fingerprint density at radius 1 is 1.44 bits per heavy atom. The van der Waals surface area contributed by atoms with Crippen molar-refractivity contribution in [3.05, 3.63) is 28.7 Å². The van der Waals surface area contributed by atoms with Crippen LogP contribution < -0.4 is 16.8 Å². The number of anilines is 1. The average Bonchev–Trinajstić information content (AvgIpc) is 2.38. The number of nitrogens with zero attached hydrogens (tertiary/aromatic N) is 3. The molecule has 0 unspecified atom stereocenters. The van der Waals surface area contributed by atoms with E-state index in [4.69, 9.17) is 5.84 Å². The molecular weight excluding hydrogens is 272 g/mol. The lowest BCUT2D eigenvalue weighted by atomic mass is 10.6. The Labute approximate surface area is 111 Å². The summed E-state index contributed by atoms with van der Waals surface area (Å²) in [7, 11) is 0. The highest BCUT2D eigenvalue weighted by atomic mass is 32.2. The average molecular weight is 282 g/mol. The maximum absolute atomic E-state index is 11.1. The van der Waals surface area contributed by atoms with Crippen molar-refractivity contribution in [2.24, 2.45) is 5.84 Å². The first-order valence-corrected chi connectivity index (χ1v) is 6.88. The maximum Gasteiger partial charge on any atom is 0.251 e. The number of nitrogens with two attached hydrogens (primary N) is 1. The Morgan fingerprint density at radius 3 is 2.94 bits per heavy atom. The van der Waals surface area contributed by atoms with E-state index >= 15 is 0 Å². The van der Waals surface area contributed by atoms with Gasteiger partial charge >= 0.3 is 0 Å².